The van der Waals surface area contributed by atoms with Gasteiger partial charge in [0.1, 0.15) is 5.82 Å². The maximum Gasteiger partial charge on any atom is 0.212 e. The Hall–Kier alpha value is -1.88. The third-order valence-corrected chi connectivity index (χ3v) is 3.07. The predicted molar refractivity (Wildman–Crippen MR) is 74.1 cm³/mol. The number of methoxy groups -OCH3 is 1. The van der Waals surface area contributed by atoms with Crippen LogP contribution >= 0.6 is 0 Å². The van der Waals surface area contributed by atoms with E-state index < -0.39 is 0 Å². The summed E-state index contributed by atoms with van der Waals surface area (Å²) >= 11 is 0. The van der Waals surface area contributed by atoms with Crippen LogP contribution in [0.15, 0.2) is 30.7 Å². The van der Waals surface area contributed by atoms with E-state index in [-0.39, 0.29) is 6.04 Å². The van der Waals surface area contributed by atoms with Crippen molar-refractivity contribution in [2.45, 2.75) is 19.4 Å². The summed E-state index contributed by atoms with van der Waals surface area (Å²) in [5.74, 6) is 1.68. The summed E-state index contributed by atoms with van der Waals surface area (Å²) in [4.78, 5) is 8.66. The number of aromatic nitrogens is 3. The second-order valence-electron chi connectivity index (χ2n) is 4.42. The summed E-state index contributed by atoms with van der Waals surface area (Å²) in [6.45, 7) is 3.00. The summed E-state index contributed by atoms with van der Waals surface area (Å²) in [5, 5.41) is 3.46. The molecule has 2 aromatic rings. The molecule has 0 saturated carbocycles. The normalized spacial score (nSPS) is 12.4. The van der Waals surface area contributed by atoms with Crippen LogP contribution < -0.4 is 10.1 Å². The van der Waals surface area contributed by atoms with E-state index in [1.165, 1.54) is 0 Å². The van der Waals surface area contributed by atoms with Crippen LogP contribution in [0, 0.1) is 0 Å². The smallest absolute Gasteiger partial charge is 0.212 e. The van der Waals surface area contributed by atoms with Gasteiger partial charge in [0.2, 0.25) is 5.88 Å². The zero-order valence-corrected chi connectivity index (χ0v) is 11.6. The van der Waals surface area contributed by atoms with Crippen molar-refractivity contribution in [3.8, 4) is 5.88 Å². The Morgan fingerprint density at radius 1 is 1.37 bits per heavy atom. The van der Waals surface area contributed by atoms with Crippen LogP contribution in [0.3, 0.4) is 0 Å². The SMILES string of the molecule is CCNC(Cc1ccc(OC)nc1)c1nccn1C. The average Bonchev–Trinajstić information content (AvgIpc) is 2.85. The Labute approximate surface area is 113 Å². The number of imidazole rings is 1. The number of nitrogens with one attached hydrogen (secondary N) is 1. The first kappa shape index (κ1) is 13.5. The zero-order chi connectivity index (χ0) is 13.7. The van der Waals surface area contributed by atoms with Crippen LogP contribution in [0.1, 0.15) is 24.4 Å². The van der Waals surface area contributed by atoms with Gasteiger partial charge in [-0.05, 0) is 18.5 Å². The van der Waals surface area contributed by atoms with Gasteiger partial charge in [0.25, 0.3) is 0 Å². The van der Waals surface area contributed by atoms with Crippen molar-refractivity contribution in [2.75, 3.05) is 13.7 Å². The fourth-order valence-electron chi connectivity index (χ4n) is 2.10. The number of pyridine rings is 1. The van der Waals surface area contributed by atoms with Crippen molar-refractivity contribution in [2.24, 2.45) is 7.05 Å². The molecule has 1 N–H and O–H groups in total. The first-order chi connectivity index (χ1) is 9.24. The minimum atomic E-state index is 0.195. The van der Waals surface area contributed by atoms with Crippen LogP contribution in [-0.4, -0.2) is 28.2 Å². The molecule has 0 fully saturated rings. The van der Waals surface area contributed by atoms with Gasteiger partial charge in [0.15, 0.2) is 0 Å². The Morgan fingerprint density at radius 2 is 2.21 bits per heavy atom. The van der Waals surface area contributed by atoms with E-state index in [2.05, 4.69) is 22.2 Å². The summed E-state index contributed by atoms with van der Waals surface area (Å²) in [7, 11) is 3.64. The molecule has 1 atom stereocenters. The van der Waals surface area contributed by atoms with E-state index in [0.29, 0.717) is 5.88 Å². The number of rotatable bonds is 6. The first-order valence-electron chi connectivity index (χ1n) is 6.44. The molecule has 2 heterocycles. The van der Waals surface area contributed by atoms with Gasteiger partial charge in [-0.1, -0.05) is 13.0 Å². The molecule has 0 aromatic carbocycles. The molecule has 0 aliphatic heterocycles. The number of hydrogen-bond acceptors (Lipinski definition) is 4. The van der Waals surface area contributed by atoms with E-state index in [1.807, 2.05) is 42.3 Å². The van der Waals surface area contributed by atoms with Crippen LogP contribution in [0.2, 0.25) is 0 Å². The van der Waals surface area contributed by atoms with Gasteiger partial charge in [-0.15, -0.1) is 0 Å². The van der Waals surface area contributed by atoms with Crippen molar-refractivity contribution in [1.29, 1.82) is 0 Å². The number of aryl methyl sites for hydroxylation is 1. The number of nitrogens with zero attached hydrogens (tertiary/aromatic N) is 3. The highest BCUT2D eigenvalue weighted by atomic mass is 16.5. The highest BCUT2D eigenvalue weighted by molar-refractivity contribution is 5.19. The van der Waals surface area contributed by atoms with Gasteiger partial charge in [-0.3, -0.25) is 0 Å². The fraction of sp³-hybridized carbons (Fsp3) is 0.429. The van der Waals surface area contributed by atoms with Gasteiger partial charge in [-0.2, -0.15) is 0 Å². The zero-order valence-electron chi connectivity index (χ0n) is 11.6. The highest BCUT2D eigenvalue weighted by Gasteiger charge is 2.15. The molecular formula is C14H20N4O. The minimum Gasteiger partial charge on any atom is -0.481 e. The van der Waals surface area contributed by atoms with Crippen LogP contribution in [0.4, 0.5) is 0 Å². The lowest BCUT2D eigenvalue weighted by molar-refractivity contribution is 0.397. The molecule has 102 valence electrons. The third kappa shape index (κ3) is 3.32. The predicted octanol–water partition coefficient (Wildman–Crippen LogP) is 1.72. The van der Waals surface area contributed by atoms with E-state index in [1.54, 1.807) is 7.11 Å². The Morgan fingerprint density at radius 3 is 2.74 bits per heavy atom. The summed E-state index contributed by atoms with van der Waals surface area (Å²) in [6, 6.07) is 4.12. The second-order valence-corrected chi connectivity index (χ2v) is 4.42. The molecule has 0 radical (unpaired) electrons. The van der Waals surface area contributed by atoms with E-state index in [9.17, 15) is 0 Å². The lowest BCUT2D eigenvalue weighted by Gasteiger charge is -2.17. The molecule has 5 nitrogen and oxygen atoms in total. The van der Waals surface area contributed by atoms with Crippen LogP contribution in [0.25, 0.3) is 0 Å². The molecule has 1 unspecified atom stereocenters. The van der Waals surface area contributed by atoms with Crippen LogP contribution in [0.5, 0.6) is 5.88 Å². The second kappa shape index (κ2) is 6.33. The van der Waals surface area contributed by atoms with Gasteiger partial charge in [0.05, 0.1) is 13.2 Å². The van der Waals surface area contributed by atoms with Crippen LogP contribution in [-0.2, 0) is 13.5 Å². The molecule has 19 heavy (non-hydrogen) atoms. The van der Waals surface area contributed by atoms with E-state index in [4.69, 9.17) is 4.74 Å². The standard InChI is InChI=1S/C14H20N4O/c1-4-15-12(14-16-7-8-18(14)2)9-11-5-6-13(19-3)17-10-11/h5-8,10,12,15H,4,9H2,1-3H3. The highest BCUT2D eigenvalue weighted by Crippen LogP contribution is 2.17. The van der Waals surface area contributed by atoms with Crippen molar-refractivity contribution in [3.05, 3.63) is 42.1 Å². The Bertz CT molecular complexity index is 506. The number of hydrogen-bond donors (Lipinski definition) is 1. The lowest BCUT2D eigenvalue weighted by atomic mass is 10.1. The van der Waals surface area contributed by atoms with Crippen molar-refractivity contribution in [1.82, 2.24) is 19.9 Å². The fourth-order valence-corrected chi connectivity index (χ4v) is 2.10. The maximum absolute atomic E-state index is 5.07. The van der Waals surface area contributed by atoms with Crippen molar-refractivity contribution in [3.63, 3.8) is 0 Å². The lowest BCUT2D eigenvalue weighted by Crippen LogP contribution is -2.25. The van der Waals surface area contributed by atoms with E-state index >= 15 is 0 Å². The monoisotopic (exact) mass is 260 g/mol. The molecular weight excluding hydrogens is 240 g/mol. The van der Waals surface area contributed by atoms with Gasteiger partial charge in [-0.25, -0.2) is 9.97 Å². The number of ether oxygens (including phenoxy) is 1. The molecule has 5 heteroatoms. The quantitative estimate of drug-likeness (QED) is 0.859. The largest absolute Gasteiger partial charge is 0.481 e. The Kier molecular flexibility index (Phi) is 4.52. The van der Waals surface area contributed by atoms with Gasteiger partial charge >= 0.3 is 0 Å². The summed E-state index contributed by atoms with van der Waals surface area (Å²) < 4.78 is 7.12. The molecule has 0 spiro atoms. The molecule has 0 aliphatic carbocycles. The van der Waals surface area contributed by atoms with Gasteiger partial charge < -0.3 is 14.6 Å². The minimum absolute atomic E-state index is 0.195. The molecule has 0 saturated heterocycles. The van der Waals surface area contributed by atoms with Crippen molar-refractivity contribution < 1.29 is 4.74 Å². The Balaban J connectivity index is 2.14. The first-order valence-corrected chi connectivity index (χ1v) is 6.44. The number of likely N-dealkylation sites (N-methyl/N-ethyl adjacent to an activating group) is 1. The third-order valence-electron chi connectivity index (χ3n) is 3.07. The van der Waals surface area contributed by atoms with Gasteiger partial charge in [0, 0.05) is 31.7 Å². The molecule has 0 bridgehead atoms. The van der Waals surface area contributed by atoms with E-state index in [0.717, 1.165) is 24.4 Å². The topological polar surface area (TPSA) is 52.0 Å². The summed E-state index contributed by atoms with van der Waals surface area (Å²) in [5.41, 5.74) is 1.16. The molecule has 0 aliphatic rings. The maximum atomic E-state index is 5.07. The molecule has 2 aromatic heterocycles. The van der Waals surface area contributed by atoms with Crippen molar-refractivity contribution >= 4 is 0 Å². The summed E-state index contributed by atoms with van der Waals surface area (Å²) in [6.07, 6.45) is 6.50. The molecule has 0 amide bonds. The molecule has 2 rings (SSSR count). The average molecular weight is 260 g/mol.